The van der Waals surface area contributed by atoms with E-state index in [0.29, 0.717) is 25.4 Å². The summed E-state index contributed by atoms with van der Waals surface area (Å²) < 4.78 is 9.08. The van der Waals surface area contributed by atoms with Gasteiger partial charge in [0.1, 0.15) is 0 Å². The van der Waals surface area contributed by atoms with Crippen LogP contribution < -0.4 is 0 Å². The van der Waals surface area contributed by atoms with Crippen LogP contribution in [-0.2, 0) is 28.7 Å². The molecule has 0 N–H and O–H groups in total. The van der Waals surface area contributed by atoms with Crippen molar-refractivity contribution in [2.75, 3.05) is 0 Å². The molecule has 0 aromatic heterocycles. The Kier molecular flexibility index (Phi) is 12.2. The maximum atomic E-state index is 10.2. The molecule has 2 atom stereocenters. The van der Waals surface area contributed by atoms with E-state index in [1.807, 2.05) is 0 Å². The molecule has 6 heteroatoms. The normalized spacial score (nSPS) is 12.2. The van der Waals surface area contributed by atoms with Crippen molar-refractivity contribution in [2.24, 2.45) is 0 Å². The molecule has 0 fully saturated rings. The third-order valence-electron chi connectivity index (χ3n) is 1.74. The van der Waals surface area contributed by atoms with Gasteiger partial charge in [0.15, 0.2) is 24.8 Å². The van der Waals surface area contributed by atoms with Crippen molar-refractivity contribution < 1.29 is 28.7 Å². The summed E-state index contributed by atoms with van der Waals surface area (Å²) in [6, 6.07) is 0. The minimum absolute atomic E-state index is 0.408. The first-order valence-electron chi connectivity index (χ1n) is 5.66. The molecule has 2 unspecified atom stereocenters. The Morgan fingerprint density at radius 1 is 0.889 bits per heavy atom. The maximum absolute atomic E-state index is 10.2. The highest BCUT2D eigenvalue weighted by Crippen LogP contribution is 1.93. The first-order valence-corrected chi connectivity index (χ1v) is 5.66. The van der Waals surface area contributed by atoms with Gasteiger partial charge in [-0.3, -0.25) is 19.2 Å². The fourth-order valence-corrected chi connectivity index (χ4v) is 0.841. The third-order valence-corrected chi connectivity index (χ3v) is 1.74. The molecule has 0 saturated carbocycles. The van der Waals surface area contributed by atoms with Gasteiger partial charge in [-0.2, -0.15) is 0 Å². The summed E-state index contributed by atoms with van der Waals surface area (Å²) in [5.74, 6) is -0.817. The molecule has 6 nitrogen and oxygen atoms in total. The molecule has 0 aliphatic heterocycles. The lowest BCUT2D eigenvalue weighted by molar-refractivity contribution is -0.149. The van der Waals surface area contributed by atoms with Crippen molar-refractivity contribution >= 4 is 24.5 Å². The molecule has 0 spiro atoms. The number of rotatable bonds is 6. The van der Waals surface area contributed by atoms with Crippen LogP contribution >= 0.6 is 0 Å². The van der Waals surface area contributed by atoms with Crippen molar-refractivity contribution in [3.8, 4) is 0 Å². The second-order valence-corrected chi connectivity index (χ2v) is 3.38. The molecule has 0 aliphatic rings. The fraction of sp³-hybridized carbons (Fsp3) is 0.667. The van der Waals surface area contributed by atoms with Crippen molar-refractivity contribution in [2.45, 2.75) is 52.7 Å². The zero-order valence-electron chi connectivity index (χ0n) is 11.2. The lowest BCUT2D eigenvalue weighted by Crippen LogP contribution is -2.15. The highest BCUT2D eigenvalue weighted by Gasteiger charge is 2.06. The Bertz CT molecular complexity index is 246. The van der Waals surface area contributed by atoms with Gasteiger partial charge in [0.25, 0.3) is 0 Å². The van der Waals surface area contributed by atoms with E-state index >= 15 is 0 Å². The average Bonchev–Trinajstić information content (AvgIpc) is 2.33. The van der Waals surface area contributed by atoms with E-state index in [0.717, 1.165) is 0 Å². The standard InChI is InChI=1S/2C6H10O3/c2*1-3-6(4-7)9-5(2)8/h2*4,6H,3H2,1-2H3. The fourth-order valence-electron chi connectivity index (χ4n) is 0.841. The van der Waals surface area contributed by atoms with E-state index in [1.165, 1.54) is 13.8 Å². The molecular weight excluding hydrogens is 240 g/mol. The monoisotopic (exact) mass is 260 g/mol. The van der Waals surface area contributed by atoms with E-state index in [1.54, 1.807) is 13.8 Å². The molecule has 18 heavy (non-hydrogen) atoms. The zero-order valence-corrected chi connectivity index (χ0v) is 11.2. The van der Waals surface area contributed by atoms with Gasteiger partial charge in [0, 0.05) is 13.8 Å². The van der Waals surface area contributed by atoms with Gasteiger partial charge in [0.05, 0.1) is 0 Å². The van der Waals surface area contributed by atoms with Gasteiger partial charge in [-0.1, -0.05) is 13.8 Å². The summed E-state index contributed by atoms with van der Waals surface area (Å²) in [7, 11) is 0. The molecule has 0 bridgehead atoms. The minimum atomic E-state index is -0.553. The van der Waals surface area contributed by atoms with Gasteiger partial charge >= 0.3 is 11.9 Å². The summed E-state index contributed by atoms with van der Waals surface area (Å²) in [6.45, 7) is 6.13. The number of carbonyl (C=O) groups excluding carboxylic acids is 4. The predicted molar refractivity (Wildman–Crippen MR) is 63.8 cm³/mol. The molecular formula is C12H20O6. The van der Waals surface area contributed by atoms with E-state index in [-0.39, 0.29) is 0 Å². The first-order chi connectivity index (χ1) is 8.40. The summed E-state index contributed by atoms with van der Waals surface area (Å²) >= 11 is 0. The van der Waals surface area contributed by atoms with Gasteiger partial charge in [0.2, 0.25) is 0 Å². The number of esters is 2. The SMILES string of the molecule is CCC(C=O)OC(C)=O.CCC(C=O)OC(C)=O. The van der Waals surface area contributed by atoms with E-state index in [2.05, 4.69) is 9.47 Å². The molecule has 0 rings (SSSR count). The molecule has 0 saturated heterocycles. The van der Waals surface area contributed by atoms with Gasteiger partial charge in [-0.25, -0.2) is 0 Å². The average molecular weight is 260 g/mol. The smallest absolute Gasteiger partial charge is 0.303 e. The molecule has 0 amide bonds. The van der Waals surface area contributed by atoms with Crippen molar-refractivity contribution in [3.63, 3.8) is 0 Å². The molecule has 104 valence electrons. The van der Waals surface area contributed by atoms with Crippen LogP contribution in [0.15, 0.2) is 0 Å². The summed E-state index contributed by atoms with van der Waals surface area (Å²) in [5.41, 5.74) is 0. The second-order valence-electron chi connectivity index (χ2n) is 3.38. The Balaban J connectivity index is 0. The van der Waals surface area contributed by atoms with Crippen molar-refractivity contribution in [1.29, 1.82) is 0 Å². The highest BCUT2D eigenvalue weighted by atomic mass is 16.5. The summed E-state index contributed by atoms with van der Waals surface area (Å²) in [6.07, 6.45) is 1.24. The quantitative estimate of drug-likeness (QED) is 0.524. The number of aldehydes is 2. The molecule has 0 aromatic rings. The van der Waals surface area contributed by atoms with Gasteiger partial charge in [-0.15, -0.1) is 0 Å². The van der Waals surface area contributed by atoms with Crippen LogP contribution in [0.4, 0.5) is 0 Å². The van der Waals surface area contributed by atoms with Crippen LogP contribution in [0.3, 0.4) is 0 Å². The second kappa shape index (κ2) is 11.8. The summed E-state index contributed by atoms with van der Waals surface area (Å²) in [5, 5.41) is 0. The maximum Gasteiger partial charge on any atom is 0.303 e. The topological polar surface area (TPSA) is 86.7 Å². The van der Waals surface area contributed by atoms with Crippen LogP contribution in [0.5, 0.6) is 0 Å². The lowest BCUT2D eigenvalue weighted by atomic mass is 10.3. The minimum Gasteiger partial charge on any atom is -0.455 e. The van der Waals surface area contributed by atoms with E-state index < -0.39 is 24.1 Å². The van der Waals surface area contributed by atoms with Crippen molar-refractivity contribution in [3.05, 3.63) is 0 Å². The van der Waals surface area contributed by atoms with Crippen LogP contribution in [0, 0.1) is 0 Å². The lowest BCUT2D eigenvalue weighted by Gasteiger charge is -2.05. The molecule has 0 heterocycles. The Hall–Kier alpha value is -1.72. The van der Waals surface area contributed by atoms with Crippen LogP contribution in [-0.4, -0.2) is 36.7 Å². The molecule has 0 aliphatic carbocycles. The third kappa shape index (κ3) is 12.4. The van der Waals surface area contributed by atoms with Crippen molar-refractivity contribution in [1.82, 2.24) is 0 Å². The highest BCUT2D eigenvalue weighted by molar-refractivity contribution is 5.70. The number of ether oxygens (including phenoxy) is 2. The molecule has 0 radical (unpaired) electrons. The van der Waals surface area contributed by atoms with Crippen LogP contribution in [0.2, 0.25) is 0 Å². The van der Waals surface area contributed by atoms with E-state index in [4.69, 9.17) is 0 Å². The van der Waals surface area contributed by atoms with Gasteiger partial charge in [-0.05, 0) is 12.8 Å². The Morgan fingerprint density at radius 2 is 1.17 bits per heavy atom. The number of carbonyl (C=O) groups is 4. The van der Waals surface area contributed by atoms with E-state index in [9.17, 15) is 19.2 Å². The molecule has 0 aromatic carbocycles. The predicted octanol–water partition coefficient (Wildman–Crippen LogP) is 1.05. The summed E-state index contributed by atoms with van der Waals surface area (Å²) in [4.78, 5) is 40.4. The number of hydrogen-bond acceptors (Lipinski definition) is 6. The number of hydrogen-bond donors (Lipinski definition) is 0. The van der Waals surface area contributed by atoms with Crippen LogP contribution in [0.1, 0.15) is 40.5 Å². The zero-order chi connectivity index (χ0) is 14.6. The largest absolute Gasteiger partial charge is 0.455 e. The Morgan fingerprint density at radius 3 is 1.22 bits per heavy atom. The van der Waals surface area contributed by atoms with Crippen LogP contribution in [0.25, 0.3) is 0 Å². The van der Waals surface area contributed by atoms with Gasteiger partial charge < -0.3 is 9.47 Å². The first kappa shape index (κ1) is 18.6. The Labute approximate surface area is 107 Å².